The van der Waals surface area contributed by atoms with Gasteiger partial charge in [0, 0.05) is 24.1 Å². The van der Waals surface area contributed by atoms with E-state index in [2.05, 4.69) is 9.97 Å². The molecule has 2 heterocycles. The van der Waals surface area contributed by atoms with Crippen molar-refractivity contribution in [3.8, 4) is 0 Å². The first-order valence-corrected chi connectivity index (χ1v) is 7.47. The Balaban J connectivity index is 2.01. The van der Waals surface area contributed by atoms with Crippen LogP contribution in [-0.2, 0) is 15.6 Å². The average Bonchev–Trinajstić information content (AvgIpc) is 2.83. The molecule has 0 bridgehead atoms. The first-order chi connectivity index (χ1) is 9.54. The van der Waals surface area contributed by atoms with E-state index in [1.807, 2.05) is 0 Å². The molecule has 0 unspecified atom stereocenters. The Morgan fingerprint density at radius 3 is 2.65 bits per heavy atom. The zero-order valence-corrected chi connectivity index (χ0v) is 11.2. The van der Waals surface area contributed by atoms with Crippen molar-refractivity contribution in [3.05, 3.63) is 48.3 Å². The van der Waals surface area contributed by atoms with E-state index in [4.69, 9.17) is 10.2 Å². The number of nitrogen functional groups attached to an aromatic ring is 1. The number of oxazole rings is 1. The predicted octanol–water partition coefficient (Wildman–Crippen LogP) is 1.78. The fourth-order valence-electron chi connectivity index (χ4n) is 1.81. The molecule has 0 atom stereocenters. The summed E-state index contributed by atoms with van der Waals surface area (Å²) in [7, 11) is -3.63. The summed E-state index contributed by atoms with van der Waals surface area (Å²) in [4.78, 5) is 7.84. The van der Waals surface area contributed by atoms with E-state index >= 15 is 0 Å². The van der Waals surface area contributed by atoms with Gasteiger partial charge in [0.05, 0.1) is 5.75 Å². The molecule has 0 spiro atoms. The van der Waals surface area contributed by atoms with Crippen LogP contribution in [0, 0.1) is 0 Å². The van der Waals surface area contributed by atoms with Crippen LogP contribution in [-0.4, -0.2) is 18.4 Å². The van der Waals surface area contributed by atoms with Gasteiger partial charge in [-0.2, -0.15) is 4.98 Å². The molecule has 102 valence electrons. The molecule has 0 radical (unpaired) electrons. The van der Waals surface area contributed by atoms with Crippen molar-refractivity contribution in [3.63, 3.8) is 0 Å². The molecule has 20 heavy (non-hydrogen) atoms. The lowest BCUT2D eigenvalue weighted by atomic mass is 10.3. The summed E-state index contributed by atoms with van der Waals surface area (Å²) in [6.45, 7) is 0. The van der Waals surface area contributed by atoms with Crippen LogP contribution >= 0.6 is 0 Å². The number of sulfone groups is 1. The Morgan fingerprint density at radius 2 is 1.90 bits per heavy atom. The summed E-state index contributed by atoms with van der Waals surface area (Å²) in [6, 6.07) is 8.09. The Hall–Kier alpha value is -2.41. The molecule has 0 aliphatic carbocycles. The number of pyridine rings is 1. The highest BCUT2D eigenvalue weighted by Gasteiger charge is 2.22. The van der Waals surface area contributed by atoms with E-state index < -0.39 is 9.84 Å². The van der Waals surface area contributed by atoms with Gasteiger partial charge in [-0.05, 0) is 29.8 Å². The van der Waals surface area contributed by atoms with Gasteiger partial charge in [0.1, 0.15) is 5.52 Å². The van der Waals surface area contributed by atoms with E-state index in [1.165, 1.54) is 12.4 Å². The van der Waals surface area contributed by atoms with Crippen LogP contribution in [0.4, 0.5) is 5.69 Å². The number of hydrogen-bond donors (Lipinski definition) is 1. The van der Waals surface area contributed by atoms with E-state index in [0.29, 0.717) is 22.4 Å². The third-order valence-corrected chi connectivity index (χ3v) is 4.19. The van der Waals surface area contributed by atoms with Crippen molar-refractivity contribution < 1.29 is 12.8 Å². The molecule has 3 rings (SSSR count). The summed E-state index contributed by atoms with van der Waals surface area (Å²) < 4.78 is 29.8. The molecule has 0 saturated carbocycles. The van der Waals surface area contributed by atoms with Crippen molar-refractivity contribution >= 4 is 26.6 Å². The second kappa shape index (κ2) is 4.61. The zero-order valence-electron chi connectivity index (χ0n) is 10.4. The fourth-order valence-corrected chi connectivity index (χ4v) is 3.02. The van der Waals surface area contributed by atoms with Crippen LogP contribution in [0.2, 0.25) is 0 Å². The number of anilines is 1. The molecule has 0 aliphatic rings. The summed E-state index contributed by atoms with van der Waals surface area (Å²) in [6.07, 6.45) is 3.08. The SMILES string of the molecule is Nc1ccc2nc(S(=O)(=O)Cc3ccncc3)oc2c1. The molecule has 0 amide bonds. The van der Waals surface area contributed by atoms with Crippen LogP contribution in [0.5, 0.6) is 0 Å². The van der Waals surface area contributed by atoms with Crippen LogP contribution in [0.1, 0.15) is 5.56 Å². The van der Waals surface area contributed by atoms with Crippen molar-refractivity contribution in [1.82, 2.24) is 9.97 Å². The van der Waals surface area contributed by atoms with Crippen molar-refractivity contribution in [2.75, 3.05) is 5.73 Å². The molecule has 0 saturated heterocycles. The molecule has 0 fully saturated rings. The minimum atomic E-state index is -3.63. The highest BCUT2D eigenvalue weighted by Crippen LogP contribution is 2.23. The quantitative estimate of drug-likeness (QED) is 0.738. The Bertz CT molecular complexity index is 857. The molecule has 1 aromatic carbocycles. The van der Waals surface area contributed by atoms with Crippen LogP contribution in [0.15, 0.2) is 52.4 Å². The Kier molecular flexibility index (Phi) is 2.90. The lowest BCUT2D eigenvalue weighted by Crippen LogP contribution is -2.05. The number of nitrogens with two attached hydrogens (primary N) is 1. The maximum atomic E-state index is 12.2. The highest BCUT2D eigenvalue weighted by atomic mass is 32.2. The van der Waals surface area contributed by atoms with Crippen LogP contribution in [0.25, 0.3) is 11.1 Å². The van der Waals surface area contributed by atoms with E-state index in [1.54, 1.807) is 30.3 Å². The molecular weight excluding hydrogens is 278 g/mol. The maximum Gasteiger partial charge on any atom is 0.316 e. The number of nitrogens with zero attached hydrogens (tertiary/aromatic N) is 2. The fraction of sp³-hybridized carbons (Fsp3) is 0.0769. The average molecular weight is 289 g/mol. The van der Waals surface area contributed by atoms with Gasteiger partial charge in [-0.1, -0.05) is 0 Å². The van der Waals surface area contributed by atoms with Gasteiger partial charge in [0.15, 0.2) is 5.58 Å². The van der Waals surface area contributed by atoms with Crippen LogP contribution < -0.4 is 5.73 Å². The van der Waals surface area contributed by atoms with E-state index in [9.17, 15) is 8.42 Å². The predicted molar refractivity (Wildman–Crippen MR) is 73.5 cm³/mol. The van der Waals surface area contributed by atoms with E-state index in [-0.39, 0.29) is 11.0 Å². The van der Waals surface area contributed by atoms with E-state index in [0.717, 1.165) is 0 Å². The second-order valence-electron chi connectivity index (χ2n) is 4.32. The molecule has 6 nitrogen and oxygen atoms in total. The summed E-state index contributed by atoms with van der Waals surface area (Å²) in [5.41, 5.74) is 7.57. The Labute approximate surface area is 115 Å². The monoisotopic (exact) mass is 289 g/mol. The molecule has 2 N–H and O–H groups in total. The molecule has 2 aromatic heterocycles. The first-order valence-electron chi connectivity index (χ1n) is 5.82. The topological polar surface area (TPSA) is 99.1 Å². The minimum Gasteiger partial charge on any atom is -0.428 e. The normalized spacial score (nSPS) is 11.8. The van der Waals surface area contributed by atoms with Crippen LogP contribution in [0.3, 0.4) is 0 Å². The lowest BCUT2D eigenvalue weighted by Gasteiger charge is -1.99. The van der Waals surface area contributed by atoms with Gasteiger partial charge in [-0.25, -0.2) is 8.42 Å². The number of aromatic nitrogens is 2. The minimum absolute atomic E-state index is 0.183. The standard InChI is InChI=1S/C13H11N3O3S/c14-10-1-2-11-12(7-10)19-13(16-11)20(17,18)8-9-3-5-15-6-4-9/h1-7H,8,14H2. The third-order valence-electron chi connectivity index (χ3n) is 2.76. The Morgan fingerprint density at radius 1 is 1.15 bits per heavy atom. The molecular formula is C13H11N3O3S. The van der Waals surface area contributed by atoms with Gasteiger partial charge >= 0.3 is 5.22 Å². The first kappa shape index (κ1) is 12.6. The number of hydrogen-bond acceptors (Lipinski definition) is 6. The smallest absolute Gasteiger partial charge is 0.316 e. The number of benzene rings is 1. The number of fused-ring (bicyclic) bond motifs is 1. The van der Waals surface area contributed by atoms with Gasteiger partial charge in [0.2, 0.25) is 9.84 Å². The van der Waals surface area contributed by atoms with Crippen molar-refractivity contribution in [1.29, 1.82) is 0 Å². The second-order valence-corrected chi connectivity index (χ2v) is 6.19. The summed E-state index contributed by atoms with van der Waals surface area (Å²) >= 11 is 0. The summed E-state index contributed by atoms with van der Waals surface area (Å²) in [5.74, 6) is -0.183. The molecule has 7 heteroatoms. The van der Waals surface area contributed by atoms with Gasteiger partial charge in [0.25, 0.3) is 0 Å². The lowest BCUT2D eigenvalue weighted by molar-refractivity contribution is 0.458. The zero-order chi connectivity index (χ0) is 14.2. The highest BCUT2D eigenvalue weighted by molar-refractivity contribution is 7.90. The molecule has 0 aliphatic heterocycles. The summed E-state index contributed by atoms with van der Waals surface area (Å²) in [5, 5.41) is -0.296. The van der Waals surface area contributed by atoms with Gasteiger partial charge < -0.3 is 10.2 Å². The van der Waals surface area contributed by atoms with Crippen molar-refractivity contribution in [2.45, 2.75) is 11.0 Å². The van der Waals surface area contributed by atoms with Crippen molar-refractivity contribution in [2.24, 2.45) is 0 Å². The maximum absolute atomic E-state index is 12.2. The largest absolute Gasteiger partial charge is 0.428 e. The third kappa shape index (κ3) is 2.35. The molecule has 3 aromatic rings. The number of rotatable bonds is 3. The van der Waals surface area contributed by atoms with Gasteiger partial charge in [-0.3, -0.25) is 4.98 Å². The van der Waals surface area contributed by atoms with Gasteiger partial charge in [-0.15, -0.1) is 0 Å².